The zero-order valence-electron chi connectivity index (χ0n) is 18.5. The van der Waals surface area contributed by atoms with Gasteiger partial charge in [-0.05, 0) is 42.0 Å². The second kappa shape index (κ2) is 8.08. The molecule has 0 aliphatic carbocycles. The number of nitrogens with zero attached hydrogens (tertiary/aromatic N) is 4. The maximum absolute atomic E-state index is 13.9. The van der Waals surface area contributed by atoms with Crippen LogP contribution in [0.25, 0.3) is 17.1 Å². The number of hydrogen-bond donors (Lipinski definition) is 2. The van der Waals surface area contributed by atoms with Gasteiger partial charge in [0, 0.05) is 42.7 Å². The first kappa shape index (κ1) is 21.1. The maximum atomic E-state index is 13.9. The molecule has 6 rings (SSSR count). The molecule has 0 saturated carbocycles. The molecule has 35 heavy (non-hydrogen) atoms. The molecule has 4 heterocycles. The lowest BCUT2D eigenvalue weighted by Crippen LogP contribution is -2.40. The fourth-order valence-electron chi connectivity index (χ4n) is 4.57. The minimum atomic E-state index is -0.408. The lowest BCUT2D eigenvalue weighted by atomic mass is 10.2. The van der Waals surface area contributed by atoms with Crippen LogP contribution in [-0.4, -0.2) is 30.9 Å². The summed E-state index contributed by atoms with van der Waals surface area (Å²) in [5, 5.41) is 5.02. The van der Waals surface area contributed by atoms with Crippen molar-refractivity contribution >= 4 is 34.7 Å². The second-order valence-corrected chi connectivity index (χ2v) is 8.56. The summed E-state index contributed by atoms with van der Waals surface area (Å²) in [4.78, 5) is 29.7. The van der Waals surface area contributed by atoms with E-state index < -0.39 is 11.7 Å². The highest BCUT2D eigenvalue weighted by Crippen LogP contribution is 2.27. The Morgan fingerprint density at radius 1 is 1.06 bits per heavy atom. The summed E-state index contributed by atoms with van der Waals surface area (Å²) in [6.45, 7) is 0.534. The van der Waals surface area contributed by atoms with Crippen LogP contribution in [0.15, 0.2) is 54.7 Å². The quantitative estimate of drug-likeness (QED) is 0.473. The summed E-state index contributed by atoms with van der Waals surface area (Å²) in [6, 6.07) is 12.1. The molecule has 0 unspecified atom stereocenters. The maximum Gasteiger partial charge on any atom is 0.286 e. The standard InChI is InChI=1S/C25H20F2N6O2/c26-17-3-1-2-15(10-17)13-33-20-6-4-18(27)11-16(20)12-21(33)25(35)30-31-8-9-32-22(14-31)28-19-5-7-23(34)29-24(19)32/h1-4,6,8-12H,5,7,13-14H2,(H,29,34)(H,30,35). The van der Waals surface area contributed by atoms with Gasteiger partial charge in [-0.3, -0.25) is 24.6 Å². The van der Waals surface area contributed by atoms with Crippen molar-refractivity contribution in [3.8, 4) is 0 Å². The first-order chi connectivity index (χ1) is 16.9. The number of hydrazine groups is 1. The second-order valence-electron chi connectivity index (χ2n) is 8.56. The Balaban J connectivity index is 1.29. The van der Waals surface area contributed by atoms with Gasteiger partial charge in [-0.1, -0.05) is 12.1 Å². The minimum Gasteiger partial charge on any atom is -0.332 e. The zero-order valence-corrected chi connectivity index (χ0v) is 18.5. The number of aryl methyl sites for hydroxylation is 1. The highest BCUT2D eigenvalue weighted by molar-refractivity contribution is 5.98. The summed E-state index contributed by atoms with van der Waals surface area (Å²) in [6.07, 6.45) is 4.38. The molecule has 2 amide bonds. The number of halogens is 2. The number of fused-ring (bicyclic) bond motifs is 4. The van der Waals surface area contributed by atoms with Crippen molar-refractivity contribution in [2.24, 2.45) is 0 Å². The molecule has 4 aromatic rings. The average Bonchev–Trinajstić information content (AvgIpc) is 3.36. The number of anilines is 1. The third-order valence-corrected chi connectivity index (χ3v) is 6.18. The molecule has 176 valence electrons. The average molecular weight is 474 g/mol. The van der Waals surface area contributed by atoms with Crippen LogP contribution >= 0.6 is 0 Å². The van der Waals surface area contributed by atoms with Crippen molar-refractivity contribution in [1.82, 2.24) is 24.6 Å². The van der Waals surface area contributed by atoms with Crippen molar-refractivity contribution in [3.05, 3.63) is 89.1 Å². The summed E-state index contributed by atoms with van der Waals surface area (Å²) >= 11 is 0. The fourth-order valence-corrected chi connectivity index (χ4v) is 4.57. The van der Waals surface area contributed by atoms with Crippen LogP contribution in [0.5, 0.6) is 0 Å². The van der Waals surface area contributed by atoms with Crippen molar-refractivity contribution in [1.29, 1.82) is 0 Å². The van der Waals surface area contributed by atoms with E-state index in [1.807, 2.05) is 0 Å². The smallest absolute Gasteiger partial charge is 0.286 e. The summed E-state index contributed by atoms with van der Waals surface area (Å²) in [7, 11) is 0. The molecular weight excluding hydrogens is 454 g/mol. The molecule has 2 aromatic heterocycles. The van der Waals surface area contributed by atoms with Gasteiger partial charge in [-0.25, -0.2) is 13.8 Å². The Bertz CT molecular complexity index is 1540. The molecule has 0 spiro atoms. The first-order valence-corrected chi connectivity index (χ1v) is 11.1. The molecule has 2 aromatic carbocycles. The Hall–Kier alpha value is -4.47. The van der Waals surface area contributed by atoms with Crippen LogP contribution in [0.1, 0.15) is 34.0 Å². The fraction of sp³-hybridized carbons (Fsp3) is 0.160. The van der Waals surface area contributed by atoms with Gasteiger partial charge in [0.25, 0.3) is 5.91 Å². The molecular formula is C25H20F2N6O2. The molecule has 2 N–H and O–H groups in total. The Morgan fingerprint density at radius 3 is 2.77 bits per heavy atom. The van der Waals surface area contributed by atoms with E-state index in [-0.39, 0.29) is 18.3 Å². The number of hydrogen-bond acceptors (Lipinski definition) is 4. The monoisotopic (exact) mass is 474 g/mol. The number of nitrogens with one attached hydrogen (secondary N) is 2. The van der Waals surface area contributed by atoms with Crippen LogP contribution in [-0.2, 0) is 24.3 Å². The summed E-state index contributed by atoms with van der Waals surface area (Å²) in [5.74, 6) is 0.115. The van der Waals surface area contributed by atoms with Crippen LogP contribution < -0.4 is 10.7 Å². The Kier molecular flexibility index (Phi) is 4.87. The minimum absolute atomic E-state index is 0.0492. The molecule has 8 nitrogen and oxygen atoms in total. The van der Waals surface area contributed by atoms with E-state index in [1.54, 1.807) is 50.8 Å². The van der Waals surface area contributed by atoms with E-state index in [0.29, 0.717) is 53.2 Å². The van der Waals surface area contributed by atoms with Gasteiger partial charge in [0.15, 0.2) is 0 Å². The molecule has 2 aliphatic heterocycles. The topological polar surface area (TPSA) is 84.2 Å². The van der Waals surface area contributed by atoms with E-state index in [0.717, 1.165) is 5.69 Å². The van der Waals surface area contributed by atoms with E-state index >= 15 is 0 Å². The molecule has 0 radical (unpaired) electrons. The number of carbonyl (C=O) groups excluding carboxylic acids is 2. The predicted molar refractivity (Wildman–Crippen MR) is 125 cm³/mol. The highest BCUT2D eigenvalue weighted by atomic mass is 19.1. The number of rotatable bonds is 4. The highest BCUT2D eigenvalue weighted by Gasteiger charge is 2.26. The number of amides is 2. The molecule has 10 heteroatoms. The molecule has 0 atom stereocenters. The zero-order chi connectivity index (χ0) is 24.1. The predicted octanol–water partition coefficient (Wildman–Crippen LogP) is 3.64. The number of benzene rings is 2. The van der Waals surface area contributed by atoms with E-state index in [2.05, 4.69) is 15.7 Å². The van der Waals surface area contributed by atoms with Crippen molar-refractivity contribution in [2.75, 3.05) is 5.32 Å². The SMILES string of the molecule is O=C1CCc2nc3n(c2N1)C=CN(NC(=O)c1cc2cc(F)ccc2n1Cc1cccc(F)c1)C3. The Labute approximate surface area is 198 Å². The first-order valence-electron chi connectivity index (χ1n) is 11.1. The van der Waals surface area contributed by atoms with E-state index in [4.69, 9.17) is 0 Å². The normalized spacial score (nSPS) is 14.6. The number of aromatic nitrogens is 3. The lowest BCUT2D eigenvalue weighted by Gasteiger charge is -2.25. The Morgan fingerprint density at radius 2 is 1.91 bits per heavy atom. The van der Waals surface area contributed by atoms with Gasteiger partial charge in [0.1, 0.15) is 29.0 Å². The van der Waals surface area contributed by atoms with Crippen molar-refractivity contribution in [3.63, 3.8) is 0 Å². The molecule has 2 aliphatic rings. The summed E-state index contributed by atoms with van der Waals surface area (Å²) in [5.41, 5.74) is 5.32. The van der Waals surface area contributed by atoms with Crippen LogP contribution in [0.2, 0.25) is 0 Å². The van der Waals surface area contributed by atoms with Crippen molar-refractivity contribution in [2.45, 2.75) is 25.9 Å². The van der Waals surface area contributed by atoms with Crippen LogP contribution in [0, 0.1) is 11.6 Å². The van der Waals surface area contributed by atoms with E-state index in [1.165, 1.54) is 24.3 Å². The summed E-state index contributed by atoms with van der Waals surface area (Å²) < 4.78 is 31.2. The van der Waals surface area contributed by atoms with Crippen LogP contribution in [0.3, 0.4) is 0 Å². The van der Waals surface area contributed by atoms with Gasteiger partial charge >= 0.3 is 0 Å². The number of imidazole rings is 1. The molecule has 0 saturated heterocycles. The lowest BCUT2D eigenvalue weighted by molar-refractivity contribution is -0.116. The number of carbonyl (C=O) groups is 2. The molecule has 0 bridgehead atoms. The van der Waals surface area contributed by atoms with Gasteiger partial charge in [-0.2, -0.15) is 0 Å². The van der Waals surface area contributed by atoms with Gasteiger partial charge in [0.2, 0.25) is 5.91 Å². The third kappa shape index (κ3) is 3.82. The largest absolute Gasteiger partial charge is 0.332 e. The third-order valence-electron chi connectivity index (χ3n) is 6.18. The van der Waals surface area contributed by atoms with Gasteiger partial charge in [0.05, 0.1) is 12.2 Å². The van der Waals surface area contributed by atoms with E-state index in [9.17, 15) is 18.4 Å². The molecule has 0 fully saturated rings. The van der Waals surface area contributed by atoms with Crippen molar-refractivity contribution < 1.29 is 18.4 Å². The van der Waals surface area contributed by atoms with Crippen LogP contribution in [0.4, 0.5) is 14.6 Å². The van der Waals surface area contributed by atoms with Gasteiger partial charge in [-0.15, -0.1) is 0 Å². The van der Waals surface area contributed by atoms with Gasteiger partial charge < -0.3 is 9.88 Å².